The molecule has 0 radical (unpaired) electrons. The molecule has 3 nitrogen and oxygen atoms in total. The fourth-order valence-electron chi connectivity index (χ4n) is 2.40. The highest BCUT2D eigenvalue weighted by Crippen LogP contribution is 2.17. The van der Waals surface area contributed by atoms with E-state index in [0.29, 0.717) is 13.0 Å². The van der Waals surface area contributed by atoms with Crippen molar-refractivity contribution in [1.29, 1.82) is 0 Å². The minimum absolute atomic E-state index is 0.0713. The van der Waals surface area contributed by atoms with Gasteiger partial charge in [0.25, 0.3) is 0 Å². The van der Waals surface area contributed by atoms with Crippen molar-refractivity contribution in [3.05, 3.63) is 35.4 Å². The number of piperidine rings is 1. The van der Waals surface area contributed by atoms with Gasteiger partial charge in [0.05, 0.1) is 0 Å². The molecule has 0 saturated carbocycles. The molecule has 0 aromatic heterocycles. The van der Waals surface area contributed by atoms with Crippen LogP contribution in [-0.2, 0) is 11.2 Å². The Bertz CT molecular complexity index is 399. The molecule has 2 rings (SSSR count). The van der Waals surface area contributed by atoms with E-state index in [9.17, 15) is 4.79 Å². The fraction of sp³-hybridized carbons (Fsp3) is 0.533. The van der Waals surface area contributed by atoms with Gasteiger partial charge in [0.1, 0.15) is 0 Å². The van der Waals surface area contributed by atoms with Gasteiger partial charge in [-0.25, -0.2) is 0 Å². The molecule has 1 fully saturated rings. The van der Waals surface area contributed by atoms with Crippen molar-refractivity contribution >= 4 is 5.91 Å². The molecule has 1 aliphatic rings. The molecule has 0 aliphatic carbocycles. The van der Waals surface area contributed by atoms with Gasteiger partial charge in [-0.1, -0.05) is 31.2 Å². The lowest BCUT2D eigenvalue weighted by molar-refractivity contribution is -0.133. The maximum Gasteiger partial charge on any atom is 0.222 e. The van der Waals surface area contributed by atoms with Gasteiger partial charge in [0.2, 0.25) is 5.91 Å². The number of benzene rings is 1. The van der Waals surface area contributed by atoms with Crippen molar-refractivity contribution in [3.63, 3.8) is 0 Å². The van der Waals surface area contributed by atoms with E-state index in [-0.39, 0.29) is 11.9 Å². The summed E-state index contributed by atoms with van der Waals surface area (Å²) in [6, 6.07) is 8.33. The van der Waals surface area contributed by atoms with Gasteiger partial charge < -0.3 is 10.6 Å². The van der Waals surface area contributed by atoms with Crippen LogP contribution >= 0.6 is 0 Å². The third kappa shape index (κ3) is 3.10. The lowest BCUT2D eigenvalue weighted by Gasteiger charge is -2.29. The molecule has 0 bridgehead atoms. The number of hydrogen-bond donors (Lipinski definition) is 1. The van der Waals surface area contributed by atoms with Gasteiger partial charge in [-0.15, -0.1) is 0 Å². The summed E-state index contributed by atoms with van der Waals surface area (Å²) in [6.07, 6.45) is 3.85. The summed E-state index contributed by atoms with van der Waals surface area (Å²) >= 11 is 0. The number of hydrogen-bond acceptors (Lipinski definition) is 2. The highest BCUT2D eigenvalue weighted by Gasteiger charge is 2.20. The lowest BCUT2D eigenvalue weighted by Crippen LogP contribution is -2.40. The second kappa shape index (κ2) is 6.01. The average Bonchev–Trinajstić information content (AvgIpc) is 2.41. The Labute approximate surface area is 109 Å². The SMILES string of the molecule is CCc1ccc(C(N)CN2CCCCC2=O)cc1. The first-order valence-electron chi connectivity index (χ1n) is 6.83. The van der Waals surface area contributed by atoms with Crippen LogP contribution in [-0.4, -0.2) is 23.9 Å². The first-order chi connectivity index (χ1) is 8.70. The number of carbonyl (C=O) groups excluding carboxylic acids is 1. The highest BCUT2D eigenvalue weighted by atomic mass is 16.2. The maximum absolute atomic E-state index is 11.7. The van der Waals surface area contributed by atoms with Gasteiger partial charge in [-0.3, -0.25) is 4.79 Å². The molecule has 1 atom stereocenters. The minimum atomic E-state index is -0.0713. The number of nitrogens with two attached hydrogens (primary N) is 1. The molecular formula is C15H22N2O. The molecular weight excluding hydrogens is 224 g/mol. The van der Waals surface area contributed by atoms with Crippen molar-refractivity contribution < 1.29 is 4.79 Å². The Hall–Kier alpha value is -1.35. The molecule has 1 aromatic carbocycles. The molecule has 1 heterocycles. The largest absolute Gasteiger partial charge is 0.341 e. The standard InChI is InChI=1S/C15H22N2O/c1-2-12-6-8-13(9-7-12)14(16)11-17-10-4-3-5-15(17)18/h6-9,14H,2-5,10-11,16H2,1H3. The number of nitrogens with zero attached hydrogens (tertiary/aromatic N) is 1. The van der Waals surface area contributed by atoms with E-state index in [1.54, 1.807) is 0 Å². The monoisotopic (exact) mass is 246 g/mol. The first kappa shape index (κ1) is 13.1. The first-order valence-corrected chi connectivity index (χ1v) is 6.83. The summed E-state index contributed by atoms with van der Waals surface area (Å²) < 4.78 is 0. The normalized spacial score (nSPS) is 17.9. The summed E-state index contributed by atoms with van der Waals surface area (Å²) in [7, 11) is 0. The molecule has 1 aromatic rings. The predicted octanol–water partition coefficient (Wildman–Crippen LogP) is 2.26. The van der Waals surface area contributed by atoms with Crippen LogP contribution in [0.4, 0.5) is 0 Å². The zero-order valence-electron chi connectivity index (χ0n) is 11.1. The zero-order chi connectivity index (χ0) is 13.0. The van der Waals surface area contributed by atoms with E-state index in [0.717, 1.165) is 31.4 Å². The molecule has 3 heteroatoms. The Morgan fingerprint density at radius 3 is 2.61 bits per heavy atom. The molecule has 1 unspecified atom stereocenters. The topological polar surface area (TPSA) is 46.3 Å². The van der Waals surface area contributed by atoms with Crippen LogP contribution in [0.25, 0.3) is 0 Å². The van der Waals surface area contributed by atoms with Crippen LogP contribution in [0.5, 0.6) is 0 Å². The van der Waals surface area contributed by atoms with E-state index in [2.05, 4.69) is 31.2 Å². The highest BCUT2D eigenvalue weighted by molar-refractivity contribution is 5.76. The number of carbonyl (C=O) groups is 1. The number of aryl methyl sites for hydroxylation is 1. The second-order valence-electron chi connectivity index (χ2n) is 5.00. The van der Waals surface area contributed by atoms with Crippen LogP contribution in [0.3, 0.4) is 0 Å². The maximum atomic E-state index is 11.7. The molecule has 18 heavy (non-hydrogen) atoms. The Kier molecular flexibility index (Phi) is 4.37. The van der Waals surface area contributed by atoms with Gasteiger partial charge in [-0.2, -0.15) is 0 Å². The second-order valence-corrected chi connectivity index (χ2v) is 5.00. The smallest absolute Gasteiger partial charge is 0.222 e. The van der Waals surface area contributed by atoms with Gasteiger partial charge in [-0.05, 0) is 30.4 Å². The van der Waals surface area contributed by atoms with Crippen molar-refractivity contribution in [2.75, 3.05) is 13.1 Å². The van der Waals surface area contributed by atoms with Crippen LogP contribution in [0.15, 0.2) is 24.3 Å². The van der Waals surface area contributed by atoms with Crippen molar-refractivity contribution in [3.8, 4) is 0 Å². The molecule has 1 saturated heterocycles. The molecule has 98 valence electrons. The molecule has 1 aliphatic heterocycles. The summed E-state index contributed by atoms with van der Waals surface area (Å²) in [5.74, 6) is 0.252. The van der Waals surface area contributed by atoms with Crippen molar-refractivity contribution in [2.45, 2.75) is 38.6 Å². The van der Waals surface area contributed by atoms with Crippen LogP contribution in [0.1, 0.15) is 43.4 Å². The fourth-order valence-corrected chi connectivity index (χ4v) is 2.40. The van der Waals surface area contributed by atoms with E-state index in [1.807, 2.05) is 4.90 Å². The average molecular weight is 246 g/mol. The minimum Gasteiger partial charge on any atom is -0.341 e. The number of likely N-dealkylation sites (tertiary alicyclic amines) is 1. The summed E-state index contributed by atoms with van der Waals surface area (Å²) in [4.78, 5) is 13.6. The van der Waals surface area contributed by atoms with Crippen molar-refractivity contribution in [1.82, 2.24) is 4.90 Å². The van der Waals surface area contributed by atoms with Crippen LogP contribution < -0.4 is 5.73 Å². The predicted molar refractivity (Wildman–Crippen MR) is 73.2 cm³/mol. The molecule has 1 amide bonds. The summed E-state index contributed by atoms with van der Waals surface area (Å²) in [5.41, 5.74) is 8.62. The van der Waals surface area contributed by atoms with E-state index < -0.39 is 0 Å². The lowest BCUT2D eigenvalue weighted by atomic mass is 10.0. The van der Waals surface area contributed by atoms with Gasteiger partial charge >= 0.3 is 0 Å². The summed E-state index contributed by atoms with van der Waals surface area (Å²) in [6.45, 7) is 3.64. The summed E-state index contributed by atoms with van der Waals surface area (Å²) in [5, 5.41) is 0. The Morgan fingerprint density at radius 1 is 1.28 bits per heavy atom. The third-order valence-corrected chi connectivity index (χ3v) is 3.65. The van der Waals surface area contributed by atoms with E-state index in [1.165, 1.54) is 5.56 Å². The van der Waals surface area contributed by atoms with Gasteiger partial charge in [0.15, 0.2) is 0 Å². The van der Waals surface area contributed by atoms with Crippen LogP contribution in [0, 0.1) is 0 Å². The number of rotatable bonds is 4. The van der Waals surface area contributed by atoms with Gasteiger partial charge in [0, 0.05) is 25.6 Å². The van der Waals surface area contributed by atoms with E-state index >= 15 is 0 Å². The Morgan fingerprint density at radius 2 is 2.00 bits per heavy atom. The third-order valence-electron chi connectivity index (χ3n) is 3.65. The van der Waals surface area contributed by atoms with Crippen LogP contribution in [0.2, 0.25) is 0 Å². The van der Waals surface area contributed by atoms with Crippen molar-refractivity contribution in [2.24, 2.45) is 5.73 Å². The molecule has 0 spiro atoms. The molecule has 2 N–H and O–H groups in total. The van der Waals surface area contributed by atoms with E-state index in [4.69, 9.17) is 5.73 Å². The number of amides is 1. The quantitative estimate of drug-likeness (QED) is 0.885. The Balaban J connectivity index is 1.97. The zero-order valence-corrected chi connectivity index (χ0v) is 11.1.